The summed E-state index contributed by atoms with van der Waals surface area (Å²) in [5.41, 5.74) is 1.24. The zero-order chi connectivity index (χ0) is 17.3. The van der Waals surface area contributed by atoms with Crippen LogP contribution in [0.2, 0.25) is 0 Å². The van der Waals surface area contributed by atoms with Crippen LogP contribution in [-0.2, 0) is 14.6 Å². The van der Waals surface area contributed by atoms with Crippen LogP contribution in [0.3, 0.4) is 0 Å². The first-order valence-corrected chi connectivity index (χ1v) is 8.95. The maximum Gasteiger partial charge on any atom is 0.205 e. The van der Waals surface area contributed by atoms with E-state index in [1.54, 1.807) is 12.1 Å². The van der Waals surface area contributed by atoms with Crippen molar-refractivity contribution in [1.29, 1.82) is 0 Å². The van der Waals surface area contributed by atoms with E-state index in [0.29, 0.717) is 12.2 Å². The van der Waals surface area contributed by atoms with Crippen LogP contribution in [0.4, 0.5) is 4.39 Å². The van der Waals surface area contributed by atoms with Gasteiger partial charge in [-0.15, -0.1) is 0 Å². The van der Waals surface area contributed by atoms with Gasteiger partial charge in [0.15, 0.2) is 0 Å². The minimum atomic E-state index is -3.89. The van der Waals surface area contributed by atoms with Gasteiger partial charge in [0.05, 0.1) is 16.4 Å². The van der Waals surface area contributed by atoms with E-state index in [1.807, 2.05) is 6.92 Å². The lowest BCUT2D eigenvalue weighted by Gasteiger charge is -2.16. The first-order valence-electron chi connectivity index (χ1n) is 7.46. The van der Waals surface area contributed by atoms with Crippen molar-refractivity contribution >= 4 is 9.84 Å². The third-order valence-corrected chi connectivity index (χ3v) is 5.68. The Hall–Kier alpha value is -2.02. The van der Waals surface area contributed by atoms with Crippen LogP contribution < -0.4 is 0 Å². The summed E-state index contributed by atoms with van der Waals surface area (Å²) in [5, 5.41) is 10.6. The highest BCUT2D eigenvalue weighted by Crippen LogP contribution is 2.33. The molecule has 2 atom stereocenters. The maximum absolute atomic E-state index is 13.1. The van der Waals surface area contributed by atoms with Gasteiger partial charge in [0.25, 0.3) is 0 Å². The van der Waals surface area contributed by atoms with E-state index in [2.05, 4.69) is 0 Å². The fraction of sp³-hybridized carbons (Fsp3) is 0.222. The number of hydrogen-bond acceptors (Lipinski definition) is 4. The Kier molecular flexibility index (Phi) is 4.54. The summed E-state index contributed by atoms with van der Waals surface area (Å²) in [7, 11) is -3.89. The van der Waals surface area contributed by atoms with Gasteiger partial charge >= 0.3 is 0 Å². The van der Waals surface area contributed by atoms with Crippen molar-refractivity contribution in [2.75, 3.05) is 6.61 Å². The Morgan fingerprint density at radius 2 is 1.79 bits per heavy atom. The third kappa shape index (κ3) is 3.56. The van der Waals surface area contributed by atoms with Crippen molar-refractivity contribution in [3.05, 3.63) is 76.5 Å². The number of epoxide rings is 1. The summed E-state index contributed by atoms with van der Waals surface area (Å²) in [6, 6.07) is 11.5. The summed E-state index contributed by atoms with van der Waals surface area (Å²) in [6.07, 6.45) is -0.292. The van der Waals surface area contributed by atoms with Gasteiger partial charge in [-0.05, 0) is 42.8 Å². The number of rotatable bonds is 5. The quantitative estimate of drug-likeness (QED) is 0.844. The van der Waals surface area contributed by atoms with Crippen LogP contribution in [0.1, 0.15) is 17.2 Å². The second-order valence-electron chi connectivity index (χ2n) is 5.71. The summed E-state index contributed by atoms with van der Waals surface area (Å²) in [6.45, 7) is 2.28. The molecule has 1 saturated heterocycles. The number of halogens is 1. The lowest BCUT2D eigenvalue weighted by atomic mass is 10.1. The highest BCUT2D eigenvalue weighted by Gasteiger charge is 2.32. The molecular weight excluding hydrogens is 331 g/mol. The van der Waals surface area contributed by atoms with E-state index in [4.69, 9.17) is 4.74 Å². The average Bonchev–Trinajstić information content (AvgIpc) is 3.37. The van der Waals surface area contributed by atoms with Crippen molar-refractivity contribution in [3.63, 3.8) is 0 Å². The fourth-order valence-electron chi connectivity index (χ4n) is 2.33. The Morgan fingerprint density at radius 3 is 2.33 bits per heavy atom. The van der Waals surface area contributed by atoms with Crippen molar-refractivity contribution in [2.45, 2.75) is 24.0 Å². The normalized spacial score (nSPS) is 19.1. The second-order valence-corrected chi connectivity index (χ2v) is 7.66. The van der Waals surface area contributed by atoms with Gasteiger partial charge in [0, 0.05) is 0 Å². The molecule has 126 valence electrons. The molecule has 2 aromatic rings. The molecule has 1 N–H and O–H groups in total. The summed E-state index contributed by atoms with van der Waals surface area (Å²) < 4.78 is 44.0. The standard InChI is InChI=1S/C18H17FO4S/c1-12-2-8-16(9-3-12)24(21,22)17(10-15-11-23-15)18(20)13-4-6-14(19)7-5-13/h2-10,15,18,20H,11H2,1H3/b17-10+/t15-,18+/m1/s1. The van der Waals surface area contributed by atoms with Crippen molar-refractivity contribution in [2.24, 2.45) is 0 Å². The predicted molar refractivity (Wildman–Crippen MR) is 87.5 cm³/mol. The van der Waals surface area contributed by atoms with Crippen LogP contribution >= 0.6 is 0 Å². The molecule has 4 nitrogen and oxygen atoms in total. The highest BCUT2D eigenvalue weighted by molar-refractivity contribution is 7.95. The molecule has 1 aliphatic heterocycles. The lowest BCUT2D eigenvalue weighted by Crippen LogP contribution is -2.14. The first kappa shape index (κ1) is 16.8. The second kappa shape index (κ2) is 6.47. The van der Waals surface area contributed by atoms with E-state index in [0.717, 1.165) is 5.56 Å². The van der Waals surface area contributed by atoms with E-state index in [9.17, 15) is 17.9 Å². The van der Waals surface area contributed by atoms with E-state index in [1.165, 1.54) is 42.5 Å². The van der Waals surface area contributed by atoms with Gasteiger partial charge in [-0.25, -0.2) is 12.8 Å². The zero-order valence-electron chi connectivity index (χ0n) is 13.0. The molecule has 0 bridgehead atoms. The number of aliphatic hydroxyl groups is 1. The van der Waals surface area contributed by atoms with Crippen molar-refractivity contribution < 1.29 is 22.7 Å². The molecule has 1 fully saturated rings. The van der Waals surface area contributed by atoms with Gasteiger partial charge in [0.1, 0.15) is 18.0 Å². The average molecular weight is 348 g/mol. The van der Waals surface area contributed by atoms with Crippen LogP contribution in [0.5, 0.6) is 0 Å². The molecule has 2 aromatic carbocycles. The number of sulfone groups is 1. The monoisotopic (exact) mass is 348 g/mol. The molecule has 0 unspecified atom stereocenters. The lowest BCUT2D eigenvalue weighted by molar-refractivity contribution is 0.222. The number of benzene rings is 2. The van der Waals surface area contributed by atoms with Crippen LogP contribution in [-0.4, -0.2) is 26.2 Å². The third-order valence-electron chi connectivity index (χ3n) is 3.81. The minimum absolute atomic E-state index is 0.0983. The minimum Gasteiger partial charge on any atom is -0.383 e. The Labute approximate surface area is 140 Å². The Balaban J connectivity index is 2.03. The van der Waals surface area contributed by atoms with E-state index < -0.39 is 21.8 Å². The molecule has 0 saturated carbocycles. The maximum atomic E-state index is 13.1. The van der Waals surface area contributed by atoms with Gasteiger partial charge in [-0.3, -0.25) is 0 Å². The molecule has 3 rings (SSSR count). The molecule has 24 heavy (non-hydrogen) atoms. The number of hydrogen-bond donors (Lipinski definition) is 1. The molecule has 6 heteroatoms. The van der Waals surface area contributed by atoms with Gasteiger partial charge < -0.3 is 9.84 Å². The molecule has 1 aliphatic rings. The van der Waals surface area contributed by atoms with Crippen molar-refractivity contribution in [1.82, 2.24) is 0 Å². The topological polar surface area (TPSA) is 66.9 Å². The largest absolute Gasteiger partial charge is 0.383 e. The SMILES string of the molecule is Cc1ccc(S(=O)(=O)/C(=C/[C@@H]2CO2)[C@@H](O)c2ccc(F)cc2)cc1. The molecule has 0 aliphatic carbocycles. The van der Waals surface area contributed by atoms with Gasteiger partial charge in [-0.1, -0.05) is 29.8 Å². The molecular formula is C18H17FO4S. The van der Waals surface area contributed by atoms with E-state index >= 15 is 0 Å². The Bertz CT molecular complexity index is 851. The van der Waals surface area contributed by atoms with Gasteiger partial charge in [0.2, 0.25) is 9.84 Å². The van der Waals surface area contributed by atoms with Crippen LogP contribution in [0.15, 0.2) is 64.4 Å². The van der Waals surface area contributed by atoms with Crippen LogP contribution in [0.25, 0.3) is 0 Å². The summed E-state index contributed by atoms with van der Waals surface area (Å²) in [4.78, 5) is -0.0541. The van der Waals surface area contributed by atoms with Crippen molar-refractivity contribution in [3.8, 4) is 0 Å². The molecule has 0 amide bonds. The zero-order valence-corrected chi connectivity index (χ0v) is 13.8. The summed E-state index contributed by atoms with van der Waals surface area (Å²) >= 11 is 0. The van der Waals surface area contributed by atoms with Crippen LogP contribution in [0, 0.1) is 12.7 Å². The smallest absolute Gasteiger partial charge is 0.205 e. The number of aliphatic hydroxyl groups excluding tert-OH is 1. The molecule has 0 radical (unpaired) electrons. The first-order chi connectivity index (χ1) is 11.4. The molecule has 0 spiro atoms. The molecule has 0 aromatic heterocycles. The molecule has 1 heterocycles. The fourth-order valence-corrected chi connectivity index (χ4v) is 3.85. The Morgan fingerprint density at radius 1 is 1.21 bits per heavy atom. The van der Waals surface area contributed by atoms with Gasteiger partial charge in [-0.2, -0.15) is 0 Å². The number of aryl methyl sites for hydroxylation is 1. The van der Waals surface area contributed by atoms with E-state index in [-0.39, 0.29) is 15.9 Å². The predicted octanol–water partition coefficient (Wildman–Crippen LogP) is 2.92. The summed E-state index contributed by atoms with van der Waals surface area (Å²) in [5.74, 6) is -0.455. The highest BCUT2D eigenvalue weighted by atomic mass is 32.2. The number of ether oxygens (including phenoxy) is 1.